The summed E-state index contributed by atoms with van der Waals surface area (Å²) >= 11 is 12.4. The van der Waals surface area contributed by atoms with Gasteiger partial charge in [0.2, 0.25) is 0 Å². The molecule has 0 atom stereocenters. The molecule has 98 valence electrons. The molecule has 2 aromatic rings. The summed E-state index contributed by atoms with van der Waals surface area (Å²) < 4.78 is 15.0. The molecular weight excluding hydrogens is 400 g/mol. The fourth-order valence-corrected chi connectivity index (χ4v) is 2.91. The van der Waals surface area contributed by atoms with Crippen LogP contribution in [0.4, 0.5) is 10.1 Å². The third-order valence-electron chi connectivity index (χ3n) is 2.38. The Morgan fingerprint density at radius 1 is 1.21 bits per heavy atom. The highest BCUT2D eigenvalue weighted by atomic mass is 79.9. The Bertz CT molecular complexity index is 628. The zero-order valence-corrected chi connectivity index (χ0v) is 13.3. The molecule has 19 heavy (non-hydrogen) atoms. The molecule has 0 aliphatic carbocycles. The van der Waals surface area contributed by atoms with Gasteiger partial charge in [0, 0.05) is 8.95 Å². The number of hydrogen-bond acceptors (Lipinski definition) is 1. The van der Waals surface area contributed by atoms with Gasteiger partial charge in [-0.15, -0.1) is 0 Å². The van der Waals surface area contributed by atoms with Crippen molar-refractivity contribution < 1.29 is 9.18 Å². The molecule has 0 heterocycles. The molecule has 0 unspecified atom stereocenters. The van der Waals surface area contributed by atoms with E-state index in [2.05, 4.69) is 37.2 Å². The van der Waals surface area contributed by atoms with Crippen LogP contribution in [0.5, 0.6) is 0 Å². The minimum Gasteiger partial charge on any atom is -0.318 e. The maximum Gasteiger partial charge on any atom is 0.256 e. The normalized spacial score (nSPS) is 10.3. The van der Waals surface area contributed by atoms with Gasteiger partial charge >= 0.3 is 0 Å². The quantitative estimate of drug-likeness (QED) is 0.723. The molecule has 0 radical (unpaired) electrons. The van der Waals surface area contributed by atoms with Crippen molar-refractivity contribution in [2.75, 3.05) is 5.32 Å². The summed E-state index contributed by atoms with van der Waals surface area (Å²) in [6.45, 7) is 0. The Balaban J connectivity index is 2.31. The summed E-state index contributed by atoms with van der Waals surface area (Å²) in [5.41, 5.74) is 0.367. The maximum atomic E-state index is 13.6. The molecule has 2 rings (SSSR count). The number of benzene rings is 2. The van der Waals surface area contributed by atoms with E-state index in [-0.39, 0.29) is 10.7 Å². The Hall–Kier alpha value is -0.910. The van der Waals surface area contributed by atoms with Crippen LogP contribution >= 0.6 is 43.5 Å². The van der Waals surface area contributed by atoms with Gasteiger partial charge in [0.15, 0.2) is 0 Å². The first-order valence-corrected chi connectivity index (χ1v) is 7.16. The van der Waals surface area contributed by atoms with Crippen molar-refractivity contribution in [1.29, 1.82) is 0 Å². The first-order chi connectivity index (χ1) is 8.99. The van der Waals surface area contributed by atoms with Crippen LogP contribution in [0.3, 0.4) is 0 Å². The molecule has 0 aliphatic heterocycles. The molecular formula is C13H7Br2ClFNO. The number of halogens is 4. The number of carbonyl (C=O) groups excluding carboxylic acids is 1. The van der Waals surface area contributed by atoms with E-state index in [0.29, 0.717) is 10.0 Å². The van der Waals surface area contributed by atoms with Crippen molar-refractivity contribution >= 4 is 55.1 Å². The maximum absolute atomic E-state index is 13.6. The number of carbonyl (C=O) groups is 1. The van der Waals surface area contributed by atoms with Crippen LogP contribution in [0.1, 0.15) is 10.4 Å². The minimum atomic E-state index is -0.575. The van der Waals surface area contributed by atoms with Gasteiger partial charge in [-0.25, -0.2) is 4.39 Å². The Labute approximate surface area is 131 Å². The van der Waals surface area contributed by atoms with E-state index in [9.17, 15) is 9.18 Å². The van der Waals surface area contributed by atoms with Crippen molar-refractivity contribution in [3.05, 3.63) is 61.7 Å². The van der Waals surface area contributed by atoms with Crippen LogP contribution in [-0.4, -0.2) is 5.91 Å². The molecule has 0 aliphatic rings. The molecule has 2 aromatic carbocycles. The second kappa shape index (κ2) is 6.03. The van der Waals surface area contributed by atoms with Crippen LogP contribution in [-0.2, 0) is 0 Å². The van der Waals surface area contributed by atoms with Gasteiger partial charge in [-0.2, -0.15) is 0 Å². The van der Waals surface area contributed by atoms with Crippen LogP contribution in [0.15, 0.2) is 45.3 Å². The van der Waals surface area contributed by atoms with Crippen molar-refractivity contribution in [1.82, 2.24) is 0 Å². The zero-order valence-electron chi connectivity index (χ0n) is 9.38. The van der Waals surface area contributed by atoms with Crippen molar-refractivity contribution in [3.8, 4) is 0 Å². The summed E-state index contributed by atoms with van der Waals surface area (Å²) in [5.74, 6) is -1.01. The zero-order chi connectivity index (χ0) is 14.0. The molecule has 0 fully saturated rings. The number of hydrogen-bond donors (Lipinski definition) is 1. The fraction of sp³-hybridized carbons (Fsp3) is 0. The van der Waals surface area contributed by atoms with E-state index in [0.717, 1.165) is 4.47 Å². The number of amides is 1. The predicted octanol–water partition coefficient (Wildman–Crippen LogP) is 5.26. The van der Waals surface area contributed by atoms with E-state index in [1.807, 2.05) is 0 Å². The van der Waals surface area contributed by atoms with E-state index >= 15 is 0 Å². The Morgan fingerprint density at radius 2 is 1.95 bits per heavy atom. The third kappa shape index (κ3) is 3.35. The lowest BCUT2D eigenvalue weighted by molar-refractivity contribution is 0.102. The molecule has 6 heteroatoms. The molecule has 0 saturated carbocycles. The molecule has 1 N–H and O–H groups in total. The second-order valence-electron chi connectivity index (χ2n) is 3.67. The van der Waals surface area contributed by atoms with Gasteiger partial charge in [0.1, 0.15) is 5.82 Å². The minimum absolute atomic E-state index is 0.0241. The van der Waals surface area contributed by atoms with Crippen molar-refractivity contribution in [2.24, 2.45) is 0 Å². The molecule has 0 aromatic heterocycles. The molecule has 1 amide bonds. The topological polar surface area (TPSA) is 29.1 Å². The standard InChI is InChI=1S/C13H7Br2ClFNO/c14-7-4-5-8(9(15)6-7)13(19)18-12-10(16)2-1-3-11(12)17/h1-6H,(H,18,19). The molecule has 0 saturated heterocycles. The van der Waals surface area contributed by atoms with Crippen LogP contribution < -0.4 is 5.32 Å². The van der Waals surface area contributed by atoms with Gasteiger partial charge in [-0.1, -0.05) is 33.6 Å². The van der Waals surface area contributed by atoms with Crippen LogP contribution in [0, 0.1) is 5.82 Å². The van der Waals surface area contributed by atoms with Crippen molar-refractivity contribution in [2.45, 2.75) is 0 Å². The SMILES string of the molecule is O=C(Nc1c(F)cccc1Cl)c1ccc(Br)cc1Br. The number of nitrogens with one attached hydrogen (secondary N) is 1. The average molecular weight is 407 g/mol. The molecule has 2 nitrogen and oxygen atoms in total. The highest BCUT2D eigenvalue weighted by Crippen LogP contribution is 2.27. The predicted molar refractivity (Wildman–Crippen MR) is 81.2 cm³/mol. The lowest BCUT2D eigenvalue weighted by Crippen LogP contribution is -2.14. The van der Waals surface area contributed by atoms with Gasteiger partial charge in [-0.3, -0.25) is 4.79 Å². The monoisotopic (exact) mass is 405 g/mol. The fourth-order valence-electron chi connectivity index (χ4n) is 1.47. The van der Waals surface area contributed by atoms with E-state index in [1.54, 1.807) is 18.2 Å². The summed E-state index contributed by atoms with van der Waals surface area (Å²) in [5, 5.41) is 2.62. The second-order valence-corrected chi connectivity index (χ2v) is 5.85. The number of anilines is 1. The summed E-state index contributed by atoms with van der Waals surface area (Å²) in [4.78, 5) is 12.1. The lowest BCUT2D eigenvalue weighted by atomic mass is 10.2. The average Bonchev–Trinajstić information content (AvgIpc) is 2.33. The Morgan fingerprint density at radius 3 is 2.58 bits per heavy atom. The highest BCUT2D eigenvalue weighted by Gasteiger charge is 2.14. The summed E-state index contributed by atoms with van der Waals surface area (Å²) in [7, 11) is 0. The molecule has 0 bridgehead atoms. The van der Waals surface area contributed by atoms with Gasteiger partial charge < -0.3 is 5.32 Å². The van der Waals surface area contributed by atoms with Crippen LogP contribution in [0.2, 0.25) is 5.02 Å². The lowest BCUT2D eigenvalue weighted by Gasteiger charge is -2.09. The largest absolute Gasteiger partial charge is 0.318 e. The smallest absolute Gasteiger partial charge is 0.256 e. The van der Waals surface area contributed by atoms with Gasteiger partial charge in [0.25, 0.3) is 5.91 Å². The van der Waals surface area contributed by atoms with E-state index < -0.39 is 11.7 Å². The van der Waals surface area contributed by atoms with E-state index in [4.69, 9.17) is 11.6 Å². The number of rotatable bonds is 2. The molecule has 0 spiro atoms. The summed E-state index contributed by atoms with van der Waals surface area (Å²) in [6, 6.07) is 9.30. The van der Waals surface area contributed by atoms with Gasteiger partial charge in [-0.05, 0) is 46.3 Å². The van der Waals surface area contributed by atoms with Crippen molar-refractivity contribution in [3.63, 3.8) is 0 Å². The van der Waals surface area contributed by atoms with E-state index in [1.165, 1.54) is 18.2 Å². The number of para-hydroxylation sites is 1. The third-order valence-corrected chi connectivity index (χ3v) is 3.84. The highest BCUT2D eigenvalue weighted by molar-refractivity contribution is 9.11. The summed E-state index contributed by atoms with van der Waals surface area (Å²) in [6.07, 6.45) is 0. The Kier molecular flexibility index (Phi) is 4.60. The first-order valence-electron chi connectivity index (χ1n) is 5.19. The van der Waals surface area contributed by atoms with Crippen LogP contribution in [0.25, 0.3) is 0 Å². The first kappa shape index (κ1) is 14.5. The van der Waals surface area contributed by atoms with Gasteiger partial charge in [0.05, 0.1) is 16.3 Å².